The summed E-state index contributed by atoms with van der Waals surface area (Å²) < 4.78 is 75.4. The summed E-state index contributed by atoms with van der Waals surface area (Å²) in [5, 5.41) is 0. The largest absolute Gasteiger partial charge is 0.419 e. The molecule has 0 saturated carbocycles. The van der Waals surface area contributed by atoms with E-state index in [0.29, 0.717) is 6.07 Å². The molecule has 0 N–H and O–H groups in total. The van der Waals surface area contributed by atoms with Crippen LogP contribution >= 0.6 is 0 Å². The smallest absolute Gasteiger partial charge is 0.377 e. The van der Waals surface area contributed by atoms with Gasteiger partial charge >= 0.3 is 12.4 Å². The van der Waals surface area contributed by atoms with E-state index in [1.165, 1.54) is 14.1 Å². The van der Waals surface area contributed by atoms with E-state index >= 15 is 0 Å². The third-order valence-corrected chi connectivity index (χ3v) is 2.01. The first kappa shape index (κ1) is 13.7. The lowest BCUT2D eigenvalue weighted by Gasteiger charge is -2.22. The minimum Gasteiger partial charge on any atom is -0.377 e. The average Bonchev–Trinajstić information content (AvgIpc) is 2.13. The zero-order valence-corrected chi connectivity index (χ0v) is 8.87. The van der Waals surface area contributed by atoms with Crippen LogP contribution in [0.15, 0.2) is 12.1 Å². The van der Waals surface area contributed by atoms with E-state index in [2.05, 4.69) is 6.07 Å². The molecule has 1 rings (SSSR count). The zero-order valence-electron chi connectivity index (χ0n) is 8.87. The Balaban J connectivity index is 3.58. The molecule has 0 aromatic heterocycles. The Morgan fingerprint density at radius 1 is 1.00 bits per heavy atom. The van der Waals surface area contributed by atoms with Crippen LogP contribution in [-0.4, -0.2) is 14.1 Å². The molecule has 1 aromatic carbocycles. The molecule has 0 bridgehead atoms. The van der Waals surface area contributed by atoms with Crippen molar-refractivity contribution >= 4 is 5.69 Å². The molecule has 0 aliphatic heterocycles. The summed E-state index contributed by atoms with van der Waals surface area (Å²) in [4.78, 5) is 0.943. The van der Waals surface area contributed by atoms with Crippen LogP contribution in [0.4, 0.5) is 32.0 Å². The molecule has 0 heterocycles. The monoisotopic (exact) mass is 256 g/mol. The maximum absolute atomic E-state index is 12.7. The zero-order chi connectivity index (χ0) is 13.4. The van der Waals surface area contributed by atoms with E-state index in [1.807, 2.05) is 0 Å². The first-order valence-corrected chi connectivity index (χ1v) is 4.41. The minimum absolute atomic E-state index is 0.371. The lowest BCUT2D eigenvalue weighted by Crippen LogP contribution is -2.22. The van der Waals surface area contributed by atoms with Gasteiger partial charge in [-0.3, -0.25) is 0 Å². The molecule has 1 nitrogen and oxygen atoms in total. The number of nitrogens with zero attached hydrogens (tertiary/aromatic N) is 1. The molecule has 1 radical (unpaired) electrons. The van der Waals surface area contributed by atoms with Gasteiger partial charge in [-0.15, -0.1) is 0 Å². The molecular formula is C10H8F6N. The number of hydrogen-bond acceptors (Lipinski definition) is 1. The van der Waals surface area contributed by atoms with Crippen LogP contribution in [0.1, 0.15) is 11.1 Å². The molecule has 0 fully saturated rings. The van der Waals surface area contributed by atoms with Crippen LogP contribution in [0.5, 0.6) is 0 Å². The molecule has 1 aromatic rings. The van der Waals surface area contributed by atoms with Gasteiger partial charge in [-0.1, -0.05) is 6.07 Å². The Kier molecular flexibility index (Phi) is 3.31. The Morgan fingerprint density at radius 2 is 1.53 bits per heavy atom. The Bertz CT molecular complexity index is 404. The molecule has 0 unspecified atom stereocenters. The van der Waals surface area contributed by atoms with E-state index < -0.39 is 29.2 Å². The van der Waals surface area contributed by atoms with Crippen LogP contribution < -0.4 is 4.90 Å². The van der Waals surface area contributed by atoms with Crippen molar-refractivity contribution < 1.29 is 26.3 Å². The van der Waals surface area contributed by atoms with Gasteiger partial charge < -0.3 is 4.90 Å². The second kappa shape index (κ2) is 4.12. The predicted molar refractivity (Wildman–Crippen MR) is 49.6 cm³/mol. The molecule has 0 spiro atoms. The predicted octanol–water partition coefficient (Wildman–Crippen LogP) is 3.59. The first-order chi connectivity index (χ1) is 7.55. The lowest BCUT2D eigenvalue weighted by molar-refractivity contribution is -0.161. The van der Waals surface area contributed by atoms with Crippen molar-refractivity contribution in [3.63, 3.8) is 0 Å². The molecule has 0 amide bonds. The molecule has 0 atom stereocenters. The number of alkyl halides is 6. The van der Waals surface area contributed by atoms with Crippen LogP contribution in [-0.2, 0) is 12.4 Å². The van der Waals surface area contributed by atoms with E-state index in [-0.39, 0.29) is 0 Å². The van der Waals surface area contributed by atoms with Crippen molar-refractivity contribution in [2.24, 2.45) is 0 Å². The molecule has 95 valence electrons. The summed E-state index contributed by atoms with van der Waals surface area (Å²) in [6.45, 7) is 0. The minimum atomic E-state index is -5.08. The van der Waals surface area contributed by atoms with Gasteiger partial charge in [0.05, 0.1) is 16.8 Å². The standard InChI is InChI=1S/C10H8F6N/c1-17(2)7-5-3-4-6(9(11,12)13)8(7)10(14,15)16/h3-4H,1-2H3. The molecule has 7 heteroatoms. The number of halogens is 6. The fourth-order valence-corrected chi connectivity index (χ4v) is 1.36. The Labute approximate surface area is 93.6 Å². The highest BCUT2D eigenvalue weighted by atomic mass is 19.4. The van der Waals surface area contributed by atoms with Crippen LogP contribution in [0.3, 0.4) is 0 Å². The van der Waals surface area contributed by atoms with Gasteiger partial charge in [-0.25, -0.2) is 0 Å². The molecule has 0 aliphatic rings. The Morgan fingerprint density at radius 3 is 1.88 bits per heavy atom. The van der Waals surface area contributed by atoms with Gasteiger partial charge in [0.1, 0.15) is 0 Å². The van der Waals surface area contributed by atoms with Crippen molar-refractivity contribution in [3.05, 3.63) is 29.3 Å². The third kappa shape index (κ3) is 2.83. The Hall–Kier alpha value is -1.40. The van der Waals surface area contributed by atoms with E-state index in [1.54, 1.807) is 0 Å². The molecule has 0 saturated heterocycles. The van der Waals surface area contributed by atoms with E-state index in [9.17, 15) is 26.3 Å². The third-order valence-electron chi connectivity index (χ3n) is 2.01. The maximum atomic E-state index is 12.7. The number of hydrogen-bond donors (Lipinski definition) is 0. The van der Waals surface area contributed by atoms with Gasteiger partial charge in [0.15, 0.2) is 0 Å². The van der Waals surface area contributed by atoms with Crippen molar-refractivity contribution in [1.82, 2.24) is 0 Å². The van der Waals surface area contributed by atoms with Crippen LogP contribution in [0.25, 0.3) is 0 Å². The highest BCUT2D eigenvalue weighted by Gasteiger charge is 2.45. The number of rotatable bonds is 1. The normalized spacial score (nSPS) is 12.7. The SMILES string of the molecule is CN(C)c1[c]ccc(C(F)(F)F)c1C(F)(F)F. The number of benzene rings is 1. The quantitative estimate of drug-likeness (QED) is 0.694. The van der Waals surface area contributed by atoms with Gasteiger partial charge in [0, 0.05) is 20.2 Å². The summed E-state index contributed by atoms with van der Waals surface area (Å²) >= 11 is 0. The van der Waals surface area contributed by atoms with Gasteiger partial charge in [-0.05, 0) is 6.07 Å². The van der Waals surface area contributed by atoms with Crippen molar-refractivity contribution in [2.45, 2.75) is 12.4 Å². The van der Waals surface area contributed by atoms with Gasteiger partial charge in [-0.2, -0.15) is 26.3 Å². The van der Waals surface area contributed by atoms with Gasteiger partial charge in [0.25, 0.3) is 0 Å². The summed E-state index contributed by atoms with van der Waals surface area (Å²) in [6.07, 6.45) is -10.1. The summed E-state index contributed by atoms with van der Waals surface area (Å²) in [5.41, 5.74) is -4.04. The first-order valence-electron chi connectivity index (χ1n) is 4.41. The van der Waals surface area contributed by atoms with E-state index in [0.717, 1.165) is 11.0 Å². The van der Waals surface area contributed by atoms with Gasteiger partial charge in [0.2, 0.25) is 0 Å². The molecule has 17 heavy (non-hydrogen) atoms. The highest BCUT2D eigenvalue weighted by molar-refractivity contribution is 5.57. The fourth-order valence-electron chi connectivity index (χ4n) is 1.36. The highest BCUT2D eigenvalue weighted by Crippen LogP contribution is 2.44. The van der Waals surface area contributed by atoms with Crippen molar-refractivity contribution in [3.8, 4) is 0 Å². The lowest BCUT2D eigenvalue weighted by atomic mass is 10.0. The molecular weight excluding hydrogens is 248 g/mol. The van der Waals surface area contributed by atoms with Crippen LogP contribution in [0.2, 0.25) is 0 Å². The number of anilines is 1. The van der Waals surface area contributed by atoms with E-state index in [4.69, 9.17) is 0 Å². The topological polar surface area (TPSA) is 3.24 Å². The van der Waals surface area contributed by atoms with Crippen molar-refractivity contribution in [1.29, 1.82) is 0 Å². The maximum Gasteiger partial charge on any atom is 0.419 e. The summed E-state index contributed by atoms with van der Waals surface area (Å²) in [6, 6.07) is 3.36. The van der Waals surface area contributed by atoms with Crippen molar-refractivity contribution in [2.75, 3.05) is 19.0 Å². The summed E-state index contributed by atoms with van der Waals surface area (Å²) in [7, 11) is 2.45. The fraction of sp³-hybridized carbons (Fsp3) is 0.400. The second-order valence-corrected chi connectivity index (χ2v) is 3.50. The second-order valence-electron chi connectivity index (χ2n) is 3.50. The average molecular weight is 256 g/mol. The molecule has 0 aliphatic carbocycles. The summed E-state index contributed by atoms with van der Waals surface area (Å²) in [5.74, 6) is 0. The van der Waals surface area contributed by atoms with Crippen LogP contribution in [0, 0.1) is 6.07 Å².